The zero-order valence-corrected chi connectivity index (χ0v) is 37.9. The number of likely N-dealkylation sites (tertiary alicyclic amines) is 1. The number of anilines is 2. The van der Waals surface area contributed by atoms with Crippen LogP contribution < -0.4 is 21.1 Å². The fraction of sp³-hybridized carbons (Fsp3) is 0.440. The van der Waals surface area contributed by atoms with E-state index < -0.39 is 29.7 Å². The number of nitrogen functional groups attached to an aromatic ring is 1. The number of para-hydroxylation sites is 1. The van der Waals surface area contributed by atoms with Crippen LogP contribution >= 0.6 is 0 Å². The van der Waals surface area contributed by atoms with Gasteiger partial charge < -0.3 is 30.5 Å². The number of piperazine rings is 1. The second-order valence-corrected chi connectivity index (χ2v) is 18.0. The van der Waals surface area contributed by atoms with Crippen molar-refractivity contribution in [1.29, 1.82) is 0 Å². The van der Waals surface area contributed by atoms with E-state index in [2.05, 4.69) is 30.4 Å². The maximum absolute atomic E-state index is 13.6. The second kappa shape index (κ2) is 20.8. The van der Waals surface area contributed by atoms with Gasteiger partial charge in [0.1, 0.15) is 35.4 Å². The predicted molar refractivity (Wildman–Crippen MR) is 253 cm³/mol. The van der Waals surface area contributed by atoms with Crippen LogP contribution in [0, 0.1) is 0 Å². The Bertz CT molecular complexity index is 2590. The third kappa shape index (κ3) is 10.3. The van der Waals surface area contributed by atoms with Gasteiger partial charge in [0, 0.05) is 69.9 Å². The molecule has 2 aromatic heterocycles. The molecule has 0 saturated carbocycles. The Morgan fingerprint density at radius 1 is 0.776 bits per heavy atom. The lowest BCUT2D eigenvalue weighted by Gasteiger charge is -2.35. The van der Waals surface area contributed by atoms with E-state index in [1.54, 1.807) is 18.2 Å². The zero-order chi connectivity index (χ0) is 46.3. The van der Waals surface area contributed by atoms with Crippen LogP contribution in [0.5, 0.6) is 11.5 Å². The average Bonchev–Trinajstić information content (AvgIpc) is 3.86. The summed E-state index contributed by atoms with van der Waals surface area (Å²) in [4.78, 5) is 81.1. The Morgan fingerprint density at radius 2 is 1.51 bits per heavy atom. The van der Waals surface area contributed by atoms with Crippen LogP contribution in [0.25, 0.3) is 22.3 Å². The number of amides is 5. The largest absolute Gasteiger partial charge is 0.457 e. The maximum Gasteiger partial charge on any atom is 0.264 e. The number of nitrogens with zero attached hydrogens (tertiary/aromatic N) is 8. The number of aromatic nitrogens is 4. The van der Waals surface area contributed by atoms with Crippen molar-refractivity contribution in [1.82, 2.24) is 44.7 Å². The van der Waals surface area contributed by atoms with Crippen LogP contribution in [-0.4, -0.2) is 134 Å². The molecule has 67 heavy (non-hydrogen) atoms. The van der Waals surface area contributed by atoms with Crippen LogP contribution in [0.3, 0.4) is 0 Å². The molecule has 0 bridgehead atoms. The van der Waals surface area contributed by atoms with Gasteiger partial charge in [-0.3, -0.25) is 34.2 Å². The molecular formula is C50H59N11O6. The molecule has 3 fully saturated rings. The van der Waals surface area contributed by atoms with Gasteiger partial charge in [-0.15, -0.1) is 0 Å². The van der Waals surface area contributed by atoms with Crippen LogP contribution in [0.15, 0.2) is 79.1 Å². The number of carbonyl (C=O) groups excluding carboxylic acids is 5. The van der Waals surface area contributed by atoms with Crippen LogP contribution in [0.1, 0.15) is 97.4 Å². The summed E-state index contributed by atoms with van der Waals surface area (Å²) in [6, 6.07) is 21.6. The van der Waals surface area contributed by atoms with Crippen molar-refractivity contribution >= 4 is 52.1 Å². The minimum absolute atomic E-state index is 0.0279. The molecule has 9 rings (SSSR count). The van der Waals surface area contributed by atoms with Crippen LogP contribution in [0.4, 0.5) is 11.5 Å². The first-order chi connectivity index (χ1) is 32.7. The van der Waals surface area contributed by atoms with E-state index in [4.69, 9.17) is 15.6 Å². The molecule has 5 aromatic rings. The molecule has 0 radical (unpaired) electrons. The molecule has 2 atom stereocenters. The van der Waals surface area contributed by atoms with E-state index in [-0.39, 0.29) is 30.4 Å². The van der Waals surface area contributed by atoms with E-state index in [0.717, 1.165) is 119 Å². The number of carbonyl (C=O) groups is 5. The van der Waals surface area contributed by atoms with Gasteiger partial charge in [0.25, 0.3) is 11.8 Å². The number of ether oxygens (including phenoxy) is 1. The van der Waals surface area contributed by atoms with Crippen molar-refractivity contribution in [2.24, 2.45) is 0 Å². The summed E-state index contributed by atoms with van der Waals surface area (Å²) >= 11 is 0. The van der Waals surface area contributed by atoms with E-state index in [9.17, 15) is 24.0 Å². The fourth-order valence-corrected chi connectivity index (χ4v) is 9.86. The number of unbranched alkanes of at least 4 members (excludes halogenated alkanes) is 4. The second-order valence-electron chi connectivity index (χ2n) is 18.0. The third-order valence-electron chi connectivity index (χ3n) is 13.5. The molecule has 0 aliphatic carbocycles. The monoisotopic (exact) mass is 909 g/mol. The summed E-state index contributed by atoms with van der Waals surface area (Å²) in [6.07, 6.45) is 10.2. The zero-order valence-electron chi connectivity index (χ0n) is 37.9. The number of hydrogen-bond acceptors (Lipinski definition) is 13. The highest BCUT2D eigenvalue weighted by Crippen LogP contribution is 2.36. The van der Waals surface area contributed by atoms with Crippen molar-refractivity contribution in [3.63, 3.8) is 0 Å². The standard InChI is InChI=1S/C50H59N11O6/c51-46-44-45(34-18-20-37(21-19-34)67-36-13-5-4-6-14-36)56-61(47(44)54-33-53-46)35-12-10-27-59(32-35)42(63)17-11-26-58-30-28-57(29-31-58)25-8-3-1-2-7-24-52-39-16-9-15-38-43(39)50(66)60(49(38)65)40-22-23-41(62)55-48(40)64/h4-6,9,13-16,18-21,33,35,40,52H,1-3,7-8,10-12,17,22-32H2,(H2,51,53,54)(H,55,62,64). The molecule has 2 unspecified atom stereocenters. The van der Waals surface area contributed by atoms with Crippen molar-refractivity contribution in [2.75, 3.05) is 70.0 Å². The summed E-state index contributed by atoms with van der Waals surface area (Å²) in [5.74, 6) is 0.0457. The van der Waals surface area contributed by atoms with Gasteiger partial charge in [-0.25, -0.2) is 14.6 Å². The number of benzene rings is 3. The average molecular weight is 910 g/mol. The molecule has 350 valence electrons. The smallest absolute Gasteiger partial charge is 0.264 e. The Hall–Kier alpha value is -6.72. The predicted octanol–water partition coefficient (Wildman–Crippen LogP) is 5.89. The molecule has 3 saturated heterocycles. The Morgan fingerprint density at radius 3 is 2.28 bits per heavy atom. The first-order valence-corrected chi connectivity index (χ1v) is 23.8. The SMILES string of the molecule is Nc1ncnc2c1c(-c1ccc(Oc3ccccc3)cc1)nn2C1CCCN(C(=O)CCCN2CCN(CCCCCCCNc3cccc4c3C(=O)N(C3CCC(=O)NC3=O)C4=O)CC2)C1. The van der Waals surface area contributed by atoms with Crippen molar-refractivity contribution in [2.45, 2.75) is 82.7 Å². The minimum Gasteiger partial charge on any atom is -0.457 e. The number of piperidine rings is 2. The number of hydrogen-bond donors (Lipinski definition) is 3. The first-order valence-electron chi connectivity index (χ1n) is 23.8. The quantitative estimate of drug-likeness (QED) is 0.0695. The fourth-order valence-electron chi connectivity index (χ4n) is 9.86. The number of nitrogens with two attached hydrogens (primary N) is 1. The van der Waals surface area contributed by atoms with Gasteiger partial charge in [-0.05, 0) is 100 Å². The van der Waals surface area contributed by atoms with Crippen molar-refractivity contribution in [3.8, 4) is 22.8 Å². The molecule has 4 aliphatic heterocycles. The van der Waals surface area contributed by atoms with Crippen LogP contribution in [0.2, 0.25) is 0 Å². The van der Waals surface area contributed by atoms with Crippen molar-refractivity contribution < 1.29 is 28.7 Å². The lowest BCUT2D eigenvalue weighted by Crippen LogP contribution is -2.54. The molecule has 6 heterocycles. The normalized spacial score (nSPS) is 19.2. The van der Waals surface area contributed by atoms with Crippen molar-refractivity contribution in [3.05, 3.63) is 90.3 Å². The van der Waals surface area contributed by atoms with E-state index in [0.29, 0.717) is 53.3 Å². The lowest BCUT2D eigenvalue weighted by atomic mass is 10.0. The van der Waals surface area contributed by atoms with E-state index in [1.807, 2.05) is 64.2 Å². The van der Waals surface area contributed by atoms with Gasteiger partial charge in [0.05, 0.1) is 22.6 Å². The number of nitrogens with one attached hydrogen (secondary N) is 2. The number of imide groups is 2. The molecule has 17 nitrogen and oxygen atoms in total. The van der Waals surface area contributed by atoms with Gasteiger partial charge in [0.2, 0.25) is 17.7 Å². The molecule has 0 spiro atoms. The molecule has 3 aromatic carbocycles. The Balaban J connectivity index is 0.662. The third-order valence-corrected chi connectivity index (χ3v) is 13.5. The first kappa shape index (κ1) is 45.4. The number of fused-ring (bicyclic) bond motifs is 2. The molecule has 5 amide bonds. The summed E-state index contributed by atoms with van der Waals surface area (Å²) in [7, 11) is 0. The summed E-state index contributed by atoms with van der Waals surface area (Å²) in [5, 5.41) is 11.4. The topological polar surface area (TPSA) is 201 Å². The molecule has 4 aliphatic rings. The molecular weight excluding hydrogens is 851 g/mol. The highest BCUT2D eigenvalue weighted by atomic mass is 16.5. The highest BCUT2D eigenvalue weighted by Gasteiger charge is 2.45. The summed E-state index contributed by atoms with van der Waals surface area (Å²) in [6.45, 7) is 8.08. The van der Waals surface area contributed by atoms with Gasteiger partial charge in [-0.2, -0.15) is 5.10 Å². The Labute approximate surface area is 390 Å². The van der Waals surface area contributed by atoms with Gasteiger partial charge in [-0.1, -0.05) is 43.5 Å². The van der Waals surface area contributed by atoms with E-state index in [1.165, 1.54) is 6.33 Å². The van der Waals surface area contributed by atoms with E-state index >= 15 is 0 Å². The maximum atomic E-state index is 13.6. The highest BCUT2D eigenvalue weighted by molar-refractivity contribution is 6.25. The number of rotatable bonds is 18. The van der Waals surface area contributed by atoms with Gasteiger partial charge in [0.15, 0.2) is 5.65 Å². The Kier molecular flexibility index (Phi) is 14.1. The summed E-state index contributed by atoms with van der Waals surface area (Å²) < 4.78 is 7.95. The van der Waals surface area contributed by atoms with Crippen LogP contribution in [-0.2, 0) is 14.4 Å². The molecule has 4 N–H and O–H groups in total. The molecule has 17 heteroatoms. The summed E-state index contributed by atoms with van der Waals surface area (Å²) in [5.41, 5.74) is 9.88. The van der Waals surface area contributed by atoms with Gasteiger partial charge >= 0.3 is 0 Å². The minimum atomic E-state index is -0.978. The lowest BCUT2D eigenvalue weighted by molar-refractivity contribution is -0.136.